The third-order valence-corrected chi connectivity index (χ3v) is 4.78. The summed E-state index contributed by atoms with van der Waals surface area (Å²) in [6.07, 6.45) is -0.889. The van der Waals surface area contributed by atoms with Gasteiger partial charge >= 0.3 is 5.97 Å². The molecular formula is C26H34N2O5. The molecule has 1 heterocycles. The lowest BCUT2D eigenvalue weighted by atomic mass is 10.1. The van der Waals surface area contributed by atoms with Crippen LogP contribution in [0.25, 0.3) is 10.9 Å². The lowest BCUT2D eigenvalue weighted by Gasteiger charge is -2.14. The molecule has 1 aromatic heterocycles. The van der Waals surface area contributed by atoms with E-state index in [4.69, 9.17) is 15.2 Å². The van der Waals surface area contributed by atoms with E-state index in [0.29, 0.717) is 28.9 Å². The molecule has 33 heavy (non-hydrogen) atoms. The Morgan fingerprint density at radius 2 is 1.58 bits per heavy atom. The molecule has 0 aliphatic carbocycles. The van der Waals surface area contributed by atoms with E-state index in [2.05, 4.69) is 0 Å². The zero-order valence-electron chi connectivity index (χ0n) is 20.5. The summed E-state index contributed by atoms with van der Waals surface area (Å²) in [7, 11) is 1.27. The molecule has 2 N–H and O–H groups in total. The van der Waals surface area contributed by atoms with Gasteiger partial charge in [0, 0.05) is 12.2 Å². The number of nitrogens with zero attached hydrogens (tertiary/aromatic N) is 1. The highest BCUT2D eigenvalue weighted by atomic mass is 16.6. The second kappa shape index (κ2) is 13.1. The molecule has 0 saturated carbocycles. The molecule has 0 spiro atoms. The van der Waals surface area contributed by atoms with Crippen LogP contribution in [0.3, 0.4) is 0 Å². The number of carbonyl (C=O) groups is 3. The van der Waals surface area contributed by atoms with Crippen LogP contribution < -0.4 is 10.5 Å². The van der Waals surface area contributed by atoms with Gasteiger partial charge in [-0.25, -0.2) is 4.79 Å². The van der Waals surface area contributed by atoms with E-state index < -0.39 is 23.8 Å². The Morgan fingerprint density at radius 1 is 0.970 bits per heavy atom. The summed E-state index contributed by atoms with van der Waals surface area (Å²) in [5.41, 5.74) is 7.79. The lowest BCUT2D eigenvalue weighted by molar-refractivity contribution is -0.147. The number of rotatable bonds is 7. The van der Waals surface area contributed by atoms with Gasteiger partial charge in [-0.1, -0.05) is 64.1 Å². The van der Waals surface area contributed by atoms with Crippen LogP contribution in [0, 0.1) is 6.92 Å². The molecule has 0 bridgehead atoms. The van der Waals surface area contributed by atoms with E-state index >= 15 is 0 Å². The van der Waals surface area contributed by atoms with E-state index in [-0.39, 0.29) is 5.56 Å². The minimum absolute atomic E-state index is 0.177. The zero-order valence-corrected chi connectivity index (χ0v) is 20.5. The van der Waals surface area contributed by atoms with Gasteiger partial charge in [0.2, 0.25) is 0 Å². The van der Waals surface area contributed by atoms with Crippen molar-refractivity contribution in [2.45, 2.75) is 54.2 Å². The second-order valence-electron chi connectivity index (χ2n) is 6.66. The van der Waals surface area contributed by atoms with Gasteiger partial charge in [0.15, 0.2) is 6.10 Å². The maximum atomic E-state index is 12.6. The summed E-state index contributed by atoms with van der Waals surface area (Å²) in [5.74, 6) is -2.10. The highest BCUT2D eigenvalue weighted by molar-refractivity contribution is 6.45. The number of methoxy groups -OCH3 is 1. The Kier molecular flexibility index (Phi) is 10.8. The topological polar surface area (TPSA) is 101 Å². The smallest absolute Gasteiger partial charge is 0.346 e. The quantitative estimate of drug-likeness (QED) is 0.318. The van der Waals surface area contributed by atoms with Gasteiger partial charge in [-0.15, -0.1) is 0 Å². The van der Waals surface area contributed by atoms with Crippen molar-refractivity contribution in [3.05, 3.63) is 65.4 Å². The van der Waals surface area contributed by atoms with Crippen LogP contribution in [0.15, 0.2) is 48.5 Å². The van der Waals surface area contributed by atoms with Gasteiger partial charge < -0.3 is 19.8 Å². The number of Topliss-reactive ketones (excluding diaryl/α,β-unsaturated/α-hetero) is 1. The van der Waals surface area contributed by atoms with E-state index in [1.807, 2.05) is 68.7 Å². The lowest BCUT2D eigenvalue weighted by Crippen LogP contribution is -2.26. The fourth-order valence-electron chi connectivity index (χ4n) is 3.37. The van der Waals surface area contributed by atoms with Crippen LogP contribution in [0.1, 0.15) is 56.2 Å². The van der Waals surface area contributed by atoms with Crippen LogP contribution in [-0.2, 0) is 20.9 Å². The van der Waals surface area contributed by atoms with E-state index in [1.165, 1.54) is 7.11 Å². The maximum Gasteiger partial charge on any atom is 0.346 e. The molecule has 1 atom stereocenters. The highest BCUT2D eigenvalue weighted by Gasteiger charge is 2.27. The number of ether oxygens (including phenoxy) is 2. The number of hydrogen-bond acceptors (Lipinski definition) is 5. The normalized spacial score (nSPS) is 10.8. The first kappa shape index (κ1) is 27.4. The summed E-state index contributed by atoms with van der Waals surface area (Å²) in [4.78, 5) is 36.1. The zero-order chi connectivity index (χ0) is 25.1. The Morgan fingerprint density at radius 3 is 2.12 bits per heavy atom. The summed E-state index contributed by atoms with van der Waals surface area (Å²) < 4.78 is 12.4. The number of nitrogens with two attached hydrogens (primary N) is 1. The molecule has 0 saturated heterocycles. The van der Waals surface area contributed by atoms with Gasteiger partial charge in [0.1, 0.15) is 5.75 Å². The second-order valence-corrected chi connectivity index (χ2v) is 6.66. The largest absolute Gasteiger partial charge is 0.478 e. The number of carbonyl (C=O) groups excluding carboxylic acids is 3. The molecular weight excluding hydrogens is 420 g/mol. The Balaban J connectivity index is 0.00000129. The van der Waals surface area contributed by atoms with Gasteiger partial charge in [-0.05, 0) is 31.5 Å². The van der Waals surface area contributed by atoms with Crippen LogP contribution in [0.4, 0.5) is 0 Å². The molecule has 0 fully saturated rings. The summed E-state index contributed by atoms with van der Waals surface area (Å²) >= 11 is 0. The predicted molar refractivity (Wildman–Crippen MR) is 131 cm³/mol. The van der Waals surface area contributed by atoms with Crippen LogP contribution in [0.2, 0.25) is 0 Å². The predicted octanol–water partition coefficient (Wildman–Crippen LogP) is 4.66. The molecule has 1 amide bonds. The molecule has 3 aromatic rings. The van der Waals surface area contributed by atoms with Crippen molar-refractivity contribution in [2.75, 3.05) is 7.11 Å². The minimum Gasteiger partial charge on any atom is -0.478 e. The molecule has 7 heteroatoms. The van der Waals surface area contributed by atoms with Gasteiger partial charge in [0.05, 0.1) is 23.6 Å². The molecule has 2 aromatic carbocycles. The van der Waals surface area contributed by atoms with Crippen LogP contribution in [-0.4, -0.2) is 35.4 Å². The number of primary amides is 1. The van der Waals surface area contributed by atoms with Crippen molar-refractivity contribution in [2.24, 2.45) is 5.73 Å². The maximum absolute atomic E-state index is 12.6. The van der Waals surface area contributed by atoms with E-state index in [1.54, 1.807) is 26.0 Å². The minimum atomic E-state index is -1.05. The third-order valence-electron chi connectivity index (χ3n) is 4.78. The monoisotopic (exact) mass is 454 g/mol. The highest BCUT2D eigenvalue weighted by Crippen LogP contribution is 2.35. The van der Waals surface area contributed by atoms with Crippen molar-refractivity contribution in [3.8, 4) is 5.75 Å². The Hall–Kier alpha value is -3.61. The number of aromatic nitrogens is 1. The fraction of sp³-hybridized carbons (Fsp3) is 0.346. The number of esters is 1. The number of fused-ring (bicyclic) bond motifs is 1. The molecule has 178 valence electrons. The van der Waals surface area contributed by atoms with Crippen LogP contribution >= 0.6 is 0 Å². The molecule has 1 unspecified atom stereocenters. The fourth-order valence-corrected chi connectivity index (χ4v) is 3.37. The van der Waals surface area contributed by atoms with E-state index in [0.717, 1.165) is 5.56 Å². The number of amides is 1. The molecule has 0 aliphatic heterocycles. The summed E-state index contributed by atoms with van der Waals surface area (Å²) in [6.45, 7) is 11.8. The van der Waals surface area contributed by atoms with Crippen molar-refractivity contribution < 1.29 is 23.9 Å². The Labute approximate surface area is 195 Å². The van der Waals surface area contributed by atoms with Gasteiger partial charge in [0.25, 0.3) is 11.7 Å². The standard InChI is InChI=1S/C22H22N2O5.2C2H6/c1-13-18(20(25)21(23)26)19-16(24(13)12-15-8-5-4-6-9-15)10-7-11-17(19)29-14(2)22(27)28-3;2*1-2/h4-11,14H,12H2,1-3H3,(H2,23,26);2*1-2H3. The van der Waals surface area contributed by atoms with Crippen molar-refractivity contribution in [3.63, 3.8) is 0 Å². The summed E-state index contributed by atoms with van der Waals surface area (Å²) in [5, 5.41) is 0.445. The third kappa shape index (κ3) is 6.22. The van der Waals surface area contributed by atoms with Crippen molar-refractivity contribution in [1.82, 2.24) is 4.57 Å². The first-order valence-corrected chi connectivity index (χ1v) is 11.1. The first-order chi connectivity index (χ1) is 15.8. The number of ketones is 1. The molecule has 0 aliphatic rings. The van der Waals surface area contributed by atoms with Crippen LogP contribution in [0.5, 0.6) is 5.75 Å². The van der Waals surface area contributed by atoms with E-state index in [9.17, 15) is 14.4 Å². The number of hydrogen-bond donors (Lipinski definition) is 1. The average Bonchev–Trinajstić information content (AvgIpc) is 3.13. The molecule has 3 rings (SSSR count). The Bertz CT molecular complexity index is 1090. The SMILES string of the molecule is CC.CC.COC(=O)C(C)Oc1cccc2c1c(C(=O)C(N)=O)c(C)n2Cc1ccccc1. The average molecular weight is 455 g/mol. The van der Waals surface area contributed by atoms with Gasteiger partial charge in [-0.3, -0.25) is 9.59 Å². The van der Waals surface area contributed by atoms with Crippen molar-refractivity contribution in [1.29, 1.82) is 0 Å². The first-order valence-electron chi connectivity index (χ1n) is 11.1. The molecule has 0 radical (unpaired) electrons. The summed E-state index contributed by atoms with van der Waals surface area (Å²) in [6, 6.07) is 15.0. The van der Waals surface area contributed by atoms with Crippen molar-refractivity contribution >= 4 is 28.6 Å². The molecule has 7 nitrogen and oxygen atoms in total. The number of benzene rings is 2. The van der Waals surface area contributed by atoms with Gasteiger partial charge in [-0.2, -0.15) is 0 Å².